The molecule has 45 heavy (non-hydrogen) atoms. The number of carbonyl (C=O) groups is 6. The second-order valence-corrected chi connectivity index (χ2v) is 14.3. The minimum atomic E-state index is -0.983. The number of nitrogens with one attached hydrogen (secondary N) is 5. The van der Waals surface area contributed by atoms with Crippen LogP contribution >= 0.6 is 0 Å². The summed E-state index contributed by atoms with van der Waals surface area (Å²) in [6.07, 6.45) is 9.19. The molecule has 1 unspecified atom stereocenters. The average Bonchev–Trinajstić information content (AvgIpc) is 3.67. The molecule has 252 valence electrons. The molecular formula is C33H54N6O6. The second kappa shape index (κ2) is 15.7. The maximum Gasteiger partial charge on any atom is 0.315 e. The van der Waals surface area contributed by atoms with E-state index >= 15 is 0 Å². The molecule has 1 heterocycles. The number of Topliss-reactive ketones (excluding diaryl/α,β-unsaturated/α-hetero) is 1. The number of hydrogen-bond donors (Lipinski definition) is 5. The van der Waals surface area contributed by atoms with Crippen LogP contribution < -0.4 is 26.6 Å². The molecule has 1 saturated heterocycles. The first-order valence-electron chi connectivity index (χ1n) is 16.6. The Kier molecular flexibility index (Phi) is 12.6. The van der Waals surface area contributed by atoms with Gasteiger partial charge < -0.3 is 31.5 Å². The lowest BCUT2D eigenvalue weighted by Gasteiger charge is -2.42. The van der Waals surface area contributed by atoms with Crippen molar-refractivity contribution in [3.05, 3.63) is 12.7 Å². The van der Waals surface area contributed by atoms with Crippen molar-refractivity contribution in [1.82, 2.24) is 31.5 Å². The van der Waals surface area contributed by atoms with E-state index in [9.17, 15) is 28.8 Å². The van der Waals surface area contributed by atoms with E-state index in [2.05, 4.69) is 33.2 Å². The summed E-state index contributed by atoms with van der Waals surface area (Å²) in [5, 5.41) is 13.8. The summed E-state index contributed by atoms with van der Waals surface area (Å²) in [4.78, 5) is 81.2. The van der Waals surface area contributed by atoms with Crippen LogP contribution in [0.2, 0.25) is 0 Å². The Morgan fingerprint density at radius 2 is 1.60 bits per heavy atom. The van der Waals surface area contributed by atoms with Crippen LogP contribution in [0.25, 0.3) is 0 Å². The molecule has 12 heteroatoms. The molecule has 1 aliphatic heterocycles. The molecule has 3 aliphatic rings. The van der Waals surface area contributed by atoms with Crippen LogP contribution in [0, 0.1) is 16.7 Å². The van der Waals surface area contributed by atoms with Gasteiger partial charge in [0, 0.05) is 19.6 Å². The van der Waals surface area contributed by atoms with Crippen LogP contribution in [0.5, 0.6) is 0 Å². The van der Waals surface area contributed by atoms with Crippen molar-refractivity contribution in [3.8, 4) is 0 Å². The molecule has 6 amide bonds. The minimum Gasteiger partial charge on any atom is -0.346 e. The predicted molar refractivity (Wildman–Crippen MR) is 171 cm³/mol. The van der Waals surface area contributed by atoms with Crippen LogP contribution in [0.1, 0.15) is 98.8 Å². The highest BCUT2D eigenvalue weighted by molar-refractivity contribution is 6.38. The highest BCUT2D eigenvalue weighted by Crippen LogP contribution is 2.39. The van der Waals surface area contributed by atoms with Gasteiger partial charge in [0.1, 0.15) is 18.1 Å². The van der Waals surface area contributed by atoms with Gasteiger partial charge in [-0.2, -0.15) is 0 Å². The molecule has 2 saturated carbocycles. The summed E-state index contributed by atoms with van der Waals surface area (Å²) in [6, 6.07) is -4.08. The standard InChI is InChI=1S/C33H54N6O6/c1-7-18-35-28(42)24(40)22(20-21-14-15-21)36-27(41)23-13-12-19-39(23)30(44)26(32(3,4)5)37-29(43)25(38-31(45)34-8-2)33(6)16-10-9-11-17-33/h7,21-23,25-26H,1,8-20H2,2-6H3,(H,35,42)(H,36,41)(H,37,43)(H2,34,38,45)/t22?,23-,25+,26+/m0/s1. The van der Waals surface area contributed by atoms with Gasteiger partial charge in [-0.3, -0.25) is 24.0 Å². The Hall–Kier alpha value is -3.44. The fourth-order valence-corrected chi connectivity index (χ4v) is 6.49. The van der Waals surface area contributed by atoms with Crippen molar-refractivity contribution in [2.45, 2.75) is 123 Å². The van der Waals surface area contributed by atoms with Gasteiger partial charge >= 0.3 is 6.03 Å². The Morgan fingerprint density at radius 3 is 2.18 bits per heavy atom. The van der Waals surface area contributed by atoms with Crippen LogP contribution in [0.4, 0.5) is 4.79 Å². The van der Waals surface area contributed by atoms with E-state index in [1.54, 1.807) is 6.92 Å². The minimum absolute atomic E-state index is 0.137. The Morgan fingerprint density at radius 1 is 0.933 bits per heavy atom. The lowest BCUT2D eigenvalue weighted by molar-refractivity contribution is -0.145. The molecule has 12 nitrogen and oxygen atoms in total. The number of nitrogens with zero attached hydrogens (tertiary/aromatic N) is 1. The molecule has 3 rings (SSSR count). The summed E-state index contributed by atoms with van der Waals surface area (Å²) in [5.74, 6) is -2.54. The van der Waals surface area contributed by atoms with E-state index < -0.39 is 70.4 Å². The first-order chi connectivity index (χ1) is 21.2. The maximum atomic E-state index is 14.2. The molecule has 4 atom stereocenters. The fraction of sp³-hybridized carbons (Fsp3) is 0.758. The monoisotopic (exact) mass is 630 g/mol. The second-order valence-electron chi connectivity index (χ2n) is 14.3. The molecule has 0 spiro atoms. The van der Waals surface area contributed by atoms with E-state index in [1.807, 2.05) is 27.7 Å². The predicted octanol–water partition coefficient (Wildman–Crippen LogP) is 2.32. The zero-order chi connectivity index (χ0) is 33.4. The Labute approximate surface area is 267 Å². The molecule has 2 aliphatic carbocycles. The summed E-state index contributed by atoms with van der Waals surface area (Å²) in [5.41, 5.74) is -1.19. The third-order valence-corrected chi connectivity index (χ3v) is 9.34. The fourth-order valence-electron chi connectivity index (χ4n) is 6.49. The van der Waals surface area contributed by atoms with E-state index in [-0.39, 0.29) is 12.5 Å². The van der Waals surface area contributed by atoms with E-state index in [0.29, 0.717) is 32.4 Å². The number of urea groups is 1. The zero-order valence-electron chi connectivity index (χ0n) is 27.8. The molecule has 0 aromatic heterocycles. The van der Waals surface area contributed by atoms with Gasteiger partial charge in [-0.1, -0.05) is 65.9 Å². The summed E-state index contributed by atoms with van der Waals surface area (Å²) in [6.45, 7) is 13.8. The van der Waals surface area contributed by atoms with Crippen LogP contribution in [-0.2, 0) is 24.0 Å². The van der Waals surface area contributed by atoms with Gasteiger partial charge in [-0.05, 0) is 55.8 Å². The molecule has 3 fully saturated rings. The van der Waals surface area contributed by atoms with Gasteiger partial charge in [-0.15, -0.1) is 6.58 Å². The Balaban J connectivity index is 1.79. The first-order valence-corrected chi connectivity index (χ1v) is 16.6. The third-order valence-electron chi connectivity index (χ3n) is 9.34. The molecule has 0 aromatic carbocycles. The van der Waals surface area contributed by atoms with Crippen molar-refractivity contribution in [2.75, 3.05) is 19.6 Å². The van der Waals surface area contributed by atoms with Crippen LogP contribution in [0.15, 0.2) is 12.7 Å². The number of hydrogen-bond acceptors (Lipinski definition) is 6. The van der Waals surface area contributed by atoms with Crippen LogP contribution in [0.3, 0.4) is 0 Å². The average molecular weight is 631 g/mol. The van der Waals surface area contributed by atoms with Gasteiger partial charge in [0.15, 0.2) is 0 Å². The molecular weight excluding hydrogens is 576 g/mol. The van der Waals surface area contributed by atoms with Gasteiger partial charge in [0.2, 0.25) is 23.5 Å². The summed E-state index contributed by atoms with van der Waals surface area (Å²) < 4.78 is 0. The Bertz CT molecular complexity index is 1120. The highest BCUT2D eigenvalue weighted by atomic mass is 16.2. The quantitative estimate of drug-likeness (QED) is 0.146. The number of likely N-dealkylation sites (tertiary alicyclic amines) is 1. The third kappa shape index (κ3) is 9.77. The van der Waals surface area contributed by atoms with Crippen molar-refractivity contribution in [2.24, 2.45) is 16.7 Å². The molecule has 0 radical (unpaired) electrons. The lowest BCUT2D eigenvalue weighted by Crippen LogP contribution is -2.63. The van der Waals surface area contributed by atoms with Crippen molar-refractivity contribution in [3.63, 3.8) is 0 Å². The summed E-state index contributed by atoms with van der Waals surface area (Å²) in [7, 11) is 0. The number of rotatable bonds is 14. The maximum absolute atomic E-state index is 14.2. The zero-order valence-corrected chi connectivity index (χ0v) is 27.8. The van der Waals surface area contributed by atoms with Crippen molar-refractivity contribution >= 4 is 35.4 Å². The van der Waals surface area contributed by atoms with Gasteiger partial charge in [-0.25, -0.2) is 4.79 Å². The van der Waals surface area contributed by atoms with Crippen molar-refractivity contribution in [1.29, 1.82) is 0 Å². The summed E-state index contributed by atoms with van der Waals surface area (Å²) >= 11 is 0. The van der Waals surface area contributed by atoms with E-state index in [4.69, 9.17) is 0 Å². The smallest absolute Gasteiger partial charge is 0.315 e. The molecule has 5 N–H and O–H groups in total. The van der Waals surface area contributed by atoms with Gasteiger partial charge in [0.25, 0.3) is 5.91 Å². The highest BCUT2D eigenvalue weighted by Gasteiger charge is 2.46. The first kappa shape index (κ1) is 36.0. The number of ketones is 1. The van der Waals surface area contributed by atoms with E-state index in [0.717, 1.165) is 44.9 Å². The molecule has 0 aromatic rings. The lowest BCUT2D eigenvalue weighted by atomic mass is 9.70. The normalized spacial score (nSPS) is 21.4. The van der Waals surface area contributed by atoms with Crippen molar-refractivity contribution < 1.29 is 28.8 Å². The SMILES string of the molecule is C=CCNC(=O)C(=O)C(CC1CC1)NC(=O)[C@@H]1CCCN1C(=O)[C@@H](NC(=O)[C@@H](NC(=O)NCC)C1(C)CCCCC1)C(C)(C)C. The van der Waals surface area contributed by atoms with Gasteiger partial charge in [0.05, 0.1) is 6.04 Å². The topological polar surface area (TPSA) is 166 Å². The van der Waals surface area contributed by atoms with E-state index in [1.165, 1.54) is 11.0 Å². The number of carbonyl (C=O) groups excluding carboxylic acids is 6. The number of amides is 6. The van der Waals surface area contributed by atoms with Crippen LogP contribution in [-0.4, -0.2) is 84.1 Å². The molecule has 0 bridgehead atoms. The largest absolute Gasteiger partial charge is 0.346 e.